The maximum absolute atomic E-state index is 14.0. The number of carboxylic acid groups (broad SMARTS) is 1. The van der Waals surface area contributed by atoms with E-state index in [-0.39, 0.29) is 42.8 Å². The predicted molar refractivity (Wildman–Crippen MR) is 142 cm³/mol. The van der Waals surface area contributed by atoms with E-state index < -0.39 is 24.3 Å². The second-order valence-electron chi connectivity index (χ2n) is 11.0. The lowest BCUT2D eigenvalue weighted by molar-refractivity contribution is -0.150. The fourth-order valence-corrected chi connectivity index (χ4v) is 6.48. The van der Waals surface area contributed by atoms with E-state index in [4.69, 9.17) is 15.9 Å². The molecule has 0 unspecified atom stereocenters. The van der Waals surface area contributed by atoms with Gasteiger partial charge in [0.1, 0.15) is 5.84 Å². The first-order valence-electron chi connectivity index (χ1n) is 13.9. The van der Waals surface area contributed by atoms with E-state index >= 15 is 0 Å². The minimum Gasteiger partial charge on any atom is -0.480 e. The van der Waals surface area contributed by atoms with E-state index in [9.17, 15) is 19.5 Å². The molecule has 4 atom stereocenters. The minimum absolute atomic E-state index is 0.00802. The molecule has 0 bridgehead atoms. The highest BCUT2D eigenvalue weighted by Gasteiger charge is 2.48. The number of nitrogens with zero attached hydrogens (tertiary/aromatic N) is 2. The van der Waals surface area contributed by atoms with Crippen LogP contribution in [0, 0.1) is 11.3 Å². The molecule has 5 N–H and O–H groups in total. The molecule has 1 aliphatic heterocycles. The summed E-state index contributed by atoms with van der Waals surface area (Å²) in [5.41, 5.74) is 6.95. The van der Waals surface area contributed by atoms with Gasteiger partial charge in [0.15, 0.2) is 6.23 Å². The van der Waals surface area contributed by atoms with Crippen molar-refractivity contribution >= 4 is 23.8 Å². The fraction of sp³-hybridized carbons (Fsp3) is 0.643. The van der Waals surface area contributed by atoms with Crippen LogP contribution in [0.5, 0.6) is 0 Å². The molecule has 1 saturated heterocycles. The largest absolute Gasteiger partial charge is 0.480 e. The van der Waals surface area contributed by atoms with Gasteiger partial charge in [0.05, 0.1) is 12.6 Å². The van der Waals surface area contributed by atoms with Crippen LogP contribution in [-0.2, 0) is 20.9 Å². The lowest BCUT2D eigenvalue weighted by Gasteiger charge is -2.41. The molecule has 10 heteroatoms. The van der Waals surface area contributed by atoms with Gasteiger partial charge in [-0.2, -0.15) is 0 Å². The van der Waals surface area contributed by atoms with Crippen molar-refractivity contribution in [2.45, 2.75) is 102 Å². The summed E-state index contributed by atoms with van der Waals surface area (Å²) in [6.07, 6.45) is 8.34. The molecule has 3 fully saturated rings. The summed E-state index contributed by atoms with van der Waals surface area (Å²) < 4.78 is 5.84. The summed E-state index contributed by atoms with van der Waals surface area (Å²) >= 11 is 0. The SMILES string of the molecule is C[C@@H](C(=O)N1[C@@H](OC(=O)NCc2ccc(C(=N)N)cc2)C[C@H]2CCCC[C@H]21)N(CC(=O)O)C1CCCCC1. The summed E-state index contributed by atoms with van der Waals surface area (Å²) in [5.74, 6) is -0.824. The molecule has 2 saturated carbocycles. The van der Waals surface area contributed by atoms with Crippen molar-refractivity contribution in [3.8, 4) is 0 Å². The lowest BCUT2D eigenvalue weighted by Crippen LogP contribution is -2.56. The van der Waals surface area contributed by atoms with Gasteiger partial charge < -0.3 is 25.8 Å². The number of likely N-dealkylation sites (tertiary alicyclic amines) is 1. The van der Waals surface area contributed by atoms with Gasteiger partial charge in [-0.05, 0) is 44.1 Å². The van der Waals surface area contributed by atoms with Crippen LogP contribution in [0.1, 0.15) is 82.3 Å². The van der Waals surface area contributed by atoms with Gasteiger partial charge in [-0.3, -0.25) is 19.9 Å². The van der Waals surface area contributed by atoms with Crippen molar-refractivity contribution in [3.63, 3.8) is 0 Å². The Hall–Kier alpha value is -3.14. The van der Waals surface area contributed by atoms with Crippen LogP contribution in [0.2, 0.25) is 0 Å². The smallest absolute Gasteiger partial charge is 0.409 e. The van der Waals surface area contributed by atoms with Crippen LogP contribution in [0.15, 0.2) is 24.3 Å². The van der Waals surface area contributed by atoms with Crippen LogP contribution < -0.4 is 11.1 Å². The zero-order valence-corrected chi connectivity index (χ0v) is 22.2. The Balaban J connectivity index is 1.44. The van der Waals surface area contributed by atoms with Crippen LogP contribution in [0.4, 0.5) is 4.79 Å². The Labute approximate surface area is 224 Å². The highest BCUT2D eigenvalue weighted by Crippen LogP contribution is 2.41. The first-order valence-corrected chi connectivity index (χ1v) is 13.9. The maximum atomic E-state index is 14.0. The second-order valence-corrected chi connectivity index (χ2v) is 11.0. The van der Waals surface area contributed by atoms with Crippen LogP contribution in [0.3, 0.4) is 0 Å². The van der Waals surface area contributed by atoms with Crippen molar-refractivity contribution in [2.24, 2.45) is 11.7 Å². The topological polar surface area (TPSA) is 149 Å². The Morgan fingerprint density at radius 1 is 1.11 bits per heavy atom. The summed E-state index contributed by atoms with van der Waals surface area (Å²) in [6.45, 7) is 1.88. The quantitative estimate of drug-likeness (QED) is 0.284. The number of aliphatic carboxylic acids is 1. The number of fused-ring (bicyclic) bond motifs is 1. The van der Waals surface area contributed by atoms with Crippen molar-refractivity contribution in [2.75, 3.05) is 6.54 Å². The van der Waals surface area contributed by atoms with Gasteiger partial charge in [0.2, 0.25) is 5.91 Å². The van der Waals surface area contributed by atoms with Gasteiger partial charge in [0.25, 0.3) is 0 Å². The Bertz CT molecular complexity index is 1010. The molecule has 1 aromatic carbocycles. The minimum atomic E-state index is -0.935. The van der Waals surface area contributed by atoms with Crippen LogP contribution in [-0.4, -0.2) is 69.6 Å². The molecule has 10 nitrogen and oxygen atoms in total. The zero-order chi connectivity index (χ0) is 27.2. The van der Waals surface area contributed by atoms with E-state index in [1.165, 1.54) is 0 Å². The van der Waals surface area contributed by atoms with Crippen molar-refractivity contribution in [3.05, 3.63) is 35.4 Å². The summed E-state index contributed by atoms with van der Waals surface area (Å²) in [5, 5.41) is 19.9. The second kappa shape index (κ2) is 12.6. The first kappa shape index (κ1) is 27.9. The summed E-state index contributed by atoms with van der Waals surface area (Å²) in [4.78, 5) is 42.1. The van der Waals surface area contributed by atoms with Gasteiger partial charge in [-0.1, -0.05) is 56.4 Å². The molecule has 0 radical (unpaired) electrons. The molecule has 0 aromatic heterocycles. The molecule has 2 aliphatic carbocycles. The number of hydrogen-bond acceptors (Lipinski definition) is 6. The van der Waals surface area contributed by atoms with Crippen molar-refractivity contribution < 1.29 is 24.2 Å². The van der Waals surface area contributed by atoms with E-state index in [0.29, 0.717) is 12.0 Å². The average Bonchev–Trinajstić information content (AvgIpc) is 3.28. The number of carbonyl (C=O) groups is 3. The number of ether oxygens (including phenoxy) is 1. The molecular weight excluding hydrogens is 486 g/mol. The van der Waals surface area contributed by atoms with Gasteiger partial charge in [0, 0.05) is 30.6 Å². The molecule has 1 aromatic rings. The number of hydrogen-bond donors (Lipinski definition) is 4. The van der Waals surface area contributed by atoms with Crippen LogP contribution in [0.25, 0.3) is 0 Å². The molecule has 3 aliphatic rings. The number of amidine groups is 1. The Morgan fingerprint density at radius 2 is 1.76 bits per heavy atom. The molecule has 0 spiro atoms. The lowest BCUT2D eigenvalue weighted by atomic mass is 9.85. The predicted octanol–water partition coefficient (Wildman–Crippen LogP) is 3.42. The summed E-state index contributed by atoms with van der Waals surface area (Å²) in [7, 11) is 0. The monoisotopic (exact) mass is 527 g/mol. The number of rotatable bonds is 9. The fourth-order valence-electron chi connectivity index (χ4n) is 6.48. The maximum Gasteiger partial charge on any atom is 0.409 e. The van der Waals surface area contributed by atoms with E-state index in [2.05, 4.69) is 5.32 Å². The highest BCUT2D eigenvalue weighted by molar-refractivity contribution is 5.94. The standard InChI is InChI=1S/C28H41N5O5/c1-18(32(17-25(34)35)22-8-3-2-4-9-22)27(36)33-23-10-6-5-7-21(23)15-24(33)38-28(37)31-16-19-11-13-20(14-12-19)26(29)30/h11-14,18,21-24H,2-10,15-17H2,1H3,(H3,29,30)(H,31,37)(H,34,35)/t18-,21+,23+,24-/m0/s1. The average molecular weight is 528 g/mol. The number of amides is 2. The third-order valence-electron chi connectivity index (χ3n) is 8.46. The van der Waals surface area contributed by atoms with E-state index in [1.807, 2.05) is 4.90 Å². The highest BCUT2D eigenvalue weighted by atomic mass is 16.6. The van der Waals surface area contributed by atoms with Crippen LogP contribution >= 0.6 is 0 Å². The molecule has 2 amide bonds. The van der Waals surface area contributed by atoms with E-state index in [1.54, 1.807) is 36.1 Å². The van der Waals surface area contributed by atoms with Gasteiger partial charge in [-0.15, -0.1) is 0 Å². The third kappa shape index (κ3) is 6.64. The Morgan fingerprint density at radius 3 is 2.42 bits per heavy atom. The molecule has 1 heterocycles. The number of nitrogen functional groups attached to an aromatic ring is 1. The number of benzene rings is 1. The summed E-state index contributed by atoms with van der Waals surface area (Å²) in [6, 6.07) is 6.51. The number of nitrogens with one attached hydrogen (secondary N) is 2. The molecule has 38 heavy (non-hydrogen) atoms. The zero-order valence-electron chi connectivity index (χ0n) is 22.2. The van der Waals surface area contributed by atoms with Crippen molar-refractivity contribution in [1.82, 2.24) is 15.1 Å². The number of alkyl carbamates (subject to hydrolysis) is 1. The van der Waals surface area contributed by atoms with E-state index in [0.717, 1.165) is 63.4 Å². The number of nitrogens with two attached hydrogens (primary N) is 1. The molecule has 208 valence electrons. The Kier molecular flexibility index (Phi) is 9.25. The van der Waals surface area contributed by atoms with Gasteiger partial charge >= 0.3 is 12.1 Å². The molecule has 4 rings (SSSR count). The first-order chi connectivity index (χ1) is 18.2. The molecular formula is C28H41N5O5. The van der Waals surface area contributed by atoms with Crippen molar-refractivity contribution in [1.29, 1.82) is 5.41 Å². The third-order valence-corrected chi connectivity index (χ3v) is 8.46. The number of carbonyl (C=O) groups excluding carboxylic acids is 2. The normalized spacial score (nSPS) is 24.5. The number of carboxylic acids is 1. The van der Waals surface area contributed by atoms with Gasteiger partial charge in [-0.25, -0.2) is 4.79 Å².